The maximum absolute atomic E-state index is 13.7. The van der Waals surface area contributed by atoms with Crippen LogP contribution in [0.3, 0.4) is 0 Å². The van der Waals surface area contributed by atoms with Crippen molar-refractivity contribution in [3.63, 3.8) is 0 Å². The van der Waals surface area contributed by atoms with E-state index in [-0.39, 0.29) is 11.3 Å². The summed E-state index contributed by atoms with van der Waals surface area (Å²) in [7, 11) is 0. The molecule has 0 fully saturated rings. The molecule has 2 aromatic carbocycles. The van der Waals surface area contributed by atoms with Crippen LogP contribution in [0.4, 0.5) is 15.8 Å². The Bertz CT molecular complexity index is 637. The normalized spacial score (nSPS) is 9.89. The van der Waals surface area contributed by atoms with Crippen molar-refractivity contribution >= 4 is 45.6 Å². The van der Waals surface area contributed by atoms with E-state index < -0.39 is 5.82 Å². The fraction of sp³-hybridized carbons (Fsp3) is 0. The van der Waals surface area contributed by atoms with Crippen molar-refractivity contribution in [3.8, 4) is 6.07 Å². The molecule has 0 aliphatic heterocycles. The molecule has 0 heterocycles. The van der Waals surface area contributed by atoms with Gasteiger partial charge in [0.1, 0.15) is 5.82 Å². The average molecular weight is 373 g/mol. The van der Waals surface area contributed by atoms with Gasteiger partial charge in [0.2, 0.25) is 0 Å². The summed E-state index contributed by atoms with van der Waals surface area (Å²) in [4.78, 5) is 0. The van der Waals surface area contributed by atoms with Crippen LogP contribution in [0.15, 0.2) is 36.4 Å². The van der Waals surface area contributed by atoms with Gasteiger partial charge in [-0.15, -0.1) is 0 Å². The summed E-state index contributed by atoms with van der Waals surface area (Å²) in [5.41, 5.74) is 1.21. The Balaban J connectivity index is 2.34. The molecule has 18 heavy (non-hydrogen) atoms. The molecule has 5 heteroatoms. The fourth-order valence-corrected chi connectivity index (χ4v) is 2.08. The number of anilines is 2. The predicted octanol–water partition coefficient (Wildman–Crippen LogP) is 4.70. The van der Waals surface area contributed by atoms with E-state index in [2.05, 4.69) is 27.9 Å². The van der Waals surface area contributed by atoms with Crippen LogP contribution < -0.4 is 5.32 Å². The molecule has 0 aromatic heterocycles. The highest BCUT2D eigenvalue weighted by molar-refractivity contribution is 14.1. The van der Waals surface area contributed by atoms with Crippen molar-refractivity contribution in [2.24, 2.45) is 0 Å². The van der Waals surface area contributed by atoms with Crippen molar-refractivity contribution < 1.29 is 4.39 Å². The summed E-state index contributed by atoms with van der Waals surface area (Å²) < 4.78 is 14.7. The van der Waals surface area contributed by atoms with E-state index in [1.54, 1.807) is 12.1 Å². The zero-order valence-electron chi connectivity index (χ0n) is 9.05. The third-order valence-corrected chi connectivity index (χ3v) is 3.30. The second-order valence-electron chi connectivity index (χ2n) is 3.56. The van der Waals surface area contributed by atoms with E-state index in [4.69, 9.17) is 16.9 Å². The topological polar surface area (TPSA) is 35.8 Å². The molecule has 2 nitrogen and oxygen atoms in total. The van der Waals surface area contributed by atoms with Gasteiger partial charge in [-0.1, -0.05) is 11.6 Å². The van der Waals surface area contributed by atoms with Gasteiger partial charge in [0.25, 0.3) is 0 Å². The van der Waals surface area contributed by atoms with Crippen molar-refractivity contribution in [3.05, 3.63) is 56.4 Å². The lowest BCUT2D eigenvalue weighted by atomic mass is 10.2. The van der Waals surface area contributed by atoms with Gasteiger partial charge in [-0.3, -0.25) is 0 Å². The number of halogens is 3. The Morgan fingerprint density at radius 2 is 1.94 bits per heavy atom. The van der Waals surface area contributed by atoms with Crippen molar-refractivity contribution in [2.45, 2.75) is 0 Å². The summed E-state index contributed by atoms with van der Waals surface area (Å²) in [6, 6.07) is 11.6. The van der Waals surface area contributed by atoms with Gasteiger partial charge in [-0.05, 0) is 59.0 Å². The summed E-state index contributed by atoms with van der Waals surface area (Å²) in [5, 5.41) is 12.1. The Labute approximate surface area is 123 Å². The standard InChI is InChI=1S/C13H7ClFIN2/c14-10-3-2-9(16)6-13(10)18-12-4-1-8(7-17)5-11(12)15/h1-6,18H. The molecule has 0 atom stereocenters. The van der Waals surface area contributed by atoms with Crippen molar-refractivity contribution in [2.75, 3.05) is 5.32 Å². The smallest absolute Gasteiger partial charge is 0.147 e. The van der Waals surface area contributed by atoms with Gasteiger partial charge < -0.3 is 5.32 Å². The number of nitrogens with one attached hydrogen (secondary N) is 1. The molecule has 0 saturated carbocycles. The first-order chi connectivity index (χ1) is 8.60. The number of rotatable bonds is 2. The van der Waals surface area contributed by atoms with Gasteiger partial charge in [-0.2, -0.15) is 5.26 Å². The maximum Gasteiger partial charge on any atom is 0.147 e. The Morgan fingerprint density at radius 3 is 2.61 bits per heavy atom. The molecule has 0 aliphatic carbocycles. The van der Waals surface area contributed by atoms with E-state index in [1.165, 1.54) is 12.1 Å². The van der Waals surface area contributed by atoms with Gasteiger partial charge >= 0.3 is 0 Å². The highest BCUT2D eigenvalue weighted by atomic mass is 127. The van der Waals surface area contributed by atoms with Gasteiger partial charge in [-0.25, -0.2) is 4.39 Å². The van der Waals surface area contributed by atoms with E-state index >= 15 is 0 Å². The SMILES string of the molecule is N#Cc1ccc(Nc2cc(I)ccc2Cl)c(F)c1. The minimum absolute atomic E-state index is 0.284. The van der Waals surface area contributed by atoms with Crippen LogP contribution in [0.25, 0.3) is 0 Å². The van der Waals surface area contributed by atoms with Crippen molar-refractivity contribution in [1.82, 2.24) is 0 Å². The van der Waals surface area contributed by atoms with Crippen LogP contribution in [0.5, 0.6) is 0 Å². The third kappa shape index (κ3) is 2.92. The van der Waals surface area contributed by atoms with E-state index in [1.807, 2.05) is 18.2 Å². The second kappa shape index (κ2) is 5.55. The quantitative estimate of drug-likeness (QED) is 0.776. The number of hydrogen-bond donors (Lipinski definition) is 1. The lowest BCUT2D eigenvalue weighted by Crippen LogP contribution is -1.95. The van der Waals surface area contributed by atoms with Gasteiger partial charge in [0.15, 0.2) is 0 Å². The minimum atomic E-state index is -0.482. The summed E-state index contributed by atoms with van der Waals surface area (Å²) in [6.45, 7) is 0. The van der Waals surface area contributed by atoms with Crippen LogP contribution in [0, 0.1) is 20.7 Å². The van der Waals surface area contributed by atoms with Gasteiger partial charge in [0, 0.05) is 3.57 Å². The van der Waals surface area contributed by atoms with Crippen molar-refractivity contribution in [1.29, 1.82) is 5.26 Å². The second-order valence-corrected chi connectivity index (χ2v) is 5.21. The first kappa shape index (κ1) is 13.1. The monoisotopic (exact) mass is 372 g/mol. The molecule has 2 rings (SSSR count). The summed E-state index contributed by atoms with van der Waals surface area (Å²) >= 11 is 8.17. The lowest BCUT2D eigenvalue weighted by molar-refractivity contribution is 0.631. The third-order valence-electron chi connectivity index (χ3n) is 2.30. The Kier molecular flexibility index (Phi) is 4.04. The molecule has 0 unspecified atom stereocenters. The van der Waals surface area contributed by atoms with Gasteiger partial charge in [0.05, 0.1) is 28.0 Å². The number of nitriles is 1. The Hall–Kier alpha value is -1.32. The van der Waals surface area contributed by atoms with Crippen LogP contribution >= 0.6 is 34.2 Å². The summed E-state index contributed by atoms with van der Waals surface area (Å²) in [5.74, 6) is -0.482. The molecule has 2 aromatic rings. The molecule has 0 bridgehead atoms. The molecule has 0 radical (unpaired) electrons. The van der Waals surface area contributed by atoms with Crippen LogP contribution in [0.1, 0.15) is 5.56 Å². The minimum Gasteiger partial charge on any atom is -0.352 e. The molecule has 0 spiro atoms. The van der Waals surface area contributed by atoms with E-state index in [0.717, 1.165) is 3.57 Å². The molecule has 90 valence electrons. The largest absolute Gasteiger partial charge is 0.352 e. The zero-order chi connectivity index (χ0) is 13.1. The summed E-state index contributed by atoms with van der Waals surface area (Å²) in [6.07, 6.45) is 0. The first-order valence-corrected chi connectivity index (χ1v) is 6.47. The highest BCUT2D eigenvalue weighted by Crippen LogP contribution is 2.28. The van der Waals surface area contributed by atoms with E-state index in [0.29, 0.717) is 10.7 Å². The lowest BCUT2D eigenvalue weighted by Gasteiger charge is -2.10. The van der Waals surface area contributed by atoms with Crippen LogP contribution in [-0.4, -0.2) is 0 Å². The maximum atomic E-state index is 13.7. The Morgan fingerprint density at radius 1 is 1.17 bits per heavy atom. The average Bonchev–Trinajstić information content (AvgIpc) is 2.36. The first-order valence-electron chi connectivity index (χ1n) is 5.02. The number of benzene rings is 2. The number of nitrogens with zero attached hydrogens (tertiary/aromatic N) is 1. The molecular formula is C13H7ClFIN2. The molecular weight excluding hydrogens is 366 g/mol. The fourth-order valence-electron chi connectivity index (χ4n) is 1.42. The zero-order valence-corrected chi connectivity index (χ0v) is 12.0. The predicted molar refractivity (Wildman–Crippen MR) is 78.6 cm³/mol. The molecule has 0 saturated heterocycles. The molecule has 0 aliphatic rings. The number of hydrogen-bond acceptors (Lipinski definition) is 2. The van der Waals surface area contributed by atoms with Crippen LogP contribution in [-0.2, 0) is 0 Å². The molecule has 1 N–H and O–H groups in total. The van der Waals surface area contributed by atoms with Crippen LogP contribution in [0.2, 0.25) is 5.02 Å². The molecule has 0 amide bonds. The highest BCUT2D eigenvalue weighted by Gasteiger charge is 2.06. The van der Waals surface area contributed by atoms with E-state index in [9.17, 15) is 4.39 Å².